The van der Waals surface area contributed by atoms with Crippen LogP contribution in [0.5, 0.6) is 5.75 Å². The van der Waals surface area contributed by atoms with E-state index in [1.54, 1.807) is 56.3 Å². The number of anilines is 1. The number of hydrogen-bond acceptors (Lipinski definition) is 9. The zero-order valence-corrected chi connectivity index (χ0v) is 19.8. The molecule has 2 aromatic heterocycles. The number of esters is 1. The van der Waals surface area contributed by atoms with Crippen LogP contribution in [0.15, 0.2) is 65.3 Å². The molecule has 1 saturated heterocycles. The fourth-order valence-corrected chi connectivity index (χ4v) is 4.62. The van der Waals surface area contributed by atoms with Crippen molar-refractivity contribution < 1.29 is 33.4 Å². The molecule has 1 aliphatic rings. The number of rotatable bonds is 8. The van der Waals surface area contributed by atoms with E-state index in [0.29, 0.717) is 23.6 Å². The van der Waals surface area contributed by atoms with Crippen LogP contribution < -0.4 is 9.64 Å². The van der Waals surface area contributed by atoms with Crippen molar-refractivity contribution in [3.63, 3.8) is 0 Å². The summed E-state index contributed by atoms with van der Waals surface area (Å²) in [4.78, 5) is 44.3. The van der Waals surface area contributed by atoms with Crippen LogP contribution >= 0.6 is 11.3 Å². The lowest BCUT2D eigenvalue weighted by Crippen LogP contribution is -2.29. The van der Waals surface area contributed by atoms with Crippen LogP contribution in [-0.2, 0) is 14.3 Å². The Balaban J connectivity index is 1.80. The highest BCUT2D eigenvalue weighted by atomic mass is 32.1. The topological polar surface area (TPSA) is 119 Å². The Kier molecular flexibility index (Phi) is 6.83. The summed E-state index contributed by atoms with van der Waals surface area (Å²) in [6, 6.07) is 8.54. The van der Waals surface area contributed by atoms with E-state index in [-0.39, 0.29) is 33.7 Å². The fraction of sp³-hybridized carbons (Fsp3) is 0.200. The first-order chi connectivity index (χ1) is 16.9. The van der Waals surface area contributed by atoms with E-state index in [1.807, 2.05) is 0 Å². The fourth-order valence-electron chi connectivity index (χ4n) is 3.64. The number of thiazole rings is 1. The van der Waals surface area contributed by atoms with Crippen molar-refractivity contribution in [1.29, 1.82) is 0 Å². The molecule has 180 valence electrons. The van der Waals surface area contributed by atoms with Gasteiger partial charge in [-0.3, -0.25) is 14.5 Å². The monoisotopic (exact) mass is 494 g/mol. The molecule has 1 amide bonds. The zero-order chi connectivity index (χ0) is 25.1. The molecule has 35 heavy (non-hydrogen) atoms. The Hall–Kier alpha value is -4.18. The van der Waals surface area contributed by atoms with Crippen LogP contribution in [0.2, 0.25) is 0 Å². The van der Waals surface area contributed by atoms with Crippen molar-refractivity contribution in [3.8, 4) is 5.75 Å². The predicted octanol–water partition coefficient (Wildman–Crippen LogP) is 4.41. The SMILES string of the molecule is C=CCOc1ccc(C(O)=C2C(=O)C(=O)N(c3nc(C)c(C(=O)OCC)s3)[C@H]2c2ccco2)cc1. The number of carbonyl (C=O) groups is 3. The first-order valence-corrected chi connectivity index (χ1v) is 11.5. The minimum Gasteiger partial charge on any atom is -0.507 e. The number of carbonyl (C=O) groups excluding carboxylic acids is 3. The van der Waals surface area contributed by atoms with E-state index in [2.05, 4.69) is 11.6 Å². The van der Waals surface area contributed by atoms with Gasteiger partial charge in [0.1, 0.15) is 34.8 Å². The predicted molar refractivity (Wildman–Crippen MR) is 128 cm³/mol. The Morgan fingerprint density at radius 2 is 2.03 bits per heavy atom. The van der Waals surface area contributed by atoms with Gasteiger partial charge in [-0.2, -0.15) is 0 Å². The summed E-state index contributed by atoms with van der Waals surface area (Å²) < 4.78 is 16.0. The van der Waals surface area contributed by atoms with Gasteiger partial charge in [-0.15, -0.1) is 0 Å². The van der Waals surface area contributed by atoms with E-state index < -0.39 is 23.7 Å². The largest absolute Gasteiger partial charge is 0.507 e. The van der Waals surface area contributed by atoms with Crippen LogP contribution in [0.4, 0.5) is 5.13 Å². The molecule has 0 unspecified atom stereocenters. The number of aliphatic hydroxyl groups excluding tert-OH is 1. The zero-order valence-electron chi connectivity index (χ0n) is 19.0. The van der Waals surface area contributed by atoms with Gasteiger partial charge in [0.25, 0.3) is 5.78 Å². The maximum Gasteiger partial charge on any atom is 0.350 e. The normalized spacial score (nSPS) is 17.0. The van der Waals surface area contributed by atoms with Crippen molar-refractivity contribution in [1.82, 2.24) is 4.98 Å². The van der Waals surface area contributed by atoms with Crippen molar-refractivity contribution >= 4 is 39.9 Å². The molecule has 0 saturated carbocycles. The van der Waals surface area contributed by atoms with Crippen LogP contribution in [0.3, 0.4) is 0 Å². The molecule has 1 aromatic carbocycles. The third-order valence-corrected chi connectivity index (χ3v) is 6.34. The first-order valence-electron chi connectivity index (χ1n) is 10.7. The molecule has 3 heterocycles. The van der Waals surface area contributed by atoms with E-state index in [0.717, 1.165) is 16.2 Å². The molecule has 0 spiro atoms. The van der Waals surface area contributed by atoms with E-state index in [1.165, 1.54) is 6.26 Å². The summed E-state index contributed by atoms with van der Waals surface area (Å²) in [6.45, 7) is 7.39. The lowest BCUT2D eigenvalue weighted by molar-refractivity contribution is -0.132. The third kappa shape index (κ3) is 4.47. The second-order valence-electron chi connectivity index (χ2n) is 7.44. The van der Waals surface area contributed by atoms with Crippen LogP contribution in [0.1, 0.15) is 39.7 Å². The van der Waals surface area contributed by atoms with Crippen molar-refractivity contribution in [3.05, 3.63) is 82.8 Å². The van der Waals surface area contributed by atoms with E-state index in [9.17, 15) is 19.5 Å². The number of ketones is 1. The number of benzene rings is 1. The van der Waals surface area contributed by atoms with Gasteiger partial charge in [0, 0.05) is 5.56 Å². The smallest absolute Gasteiger partial charge is 0.350 e. The number of aromatic nitrogens is 1. The number of Topliss-reactive ketones (excluding diaryl/α,β-unsaturated/α-hetero) is 1. The molecule has 1 aliphatic heterocycles. The average Bonchev–Trinajstić information content (AvgIpc) is 3.57. The van der Waals surface area contributed by atoms with Gasteiger partial charge >= 0.3 is 11.9 Å². The quantitative estimate of drug-likeness (QED) is 0.161. The summed E-state index contributed by atoms with van der Waals surface area (Å²) in [7, 11) is 0. The Morgan fingerprint density at radius 3 is 2.66 bits per heavy atom. The molecule has 1 fully saturated rings. The van der Waals surface area contributed by atoms with Gasteiger partial charge in [0.05, 0.1) is 24.1 Å². The number of hydrogen-bond donors (Lipinski definition) is 1. The molecular weight excluding hydrogens is 472 g/mol. The molecule has 0 bridgehead atoms. The molecule has 1 N–H and O–H groups in total. The number of aliphatic hydroxyl groups is 1. The van der Waals surface area contributed by atoms with E-state index >= 15 is 0 Å². The number of furan rings is 1. The van der Waals surface area contributed by atoms with Crippen LogP contribution in [-0.4, -0.2) is 41.0 Å². The summed E-state index contributed by atoms with van der Waals surface area (Å²) in [5.41, 5.74) is 0.516. The van der Waals surface area contributed by atoms with E-state index in [4.69, 9.17) is 13.9 Å². The Morgan fingerprint density at radius 1 is 1.29 bits per heavy atom. The van der Waals surface area contributed by atoms with Gasteiger partial charge in [0.2, 0.25) is 0 Å². The average molecular weight is 495 g/mol. The minimum atomic E-state index is -1.08. The molecule has 3 aromatic rings. The number of ether oxygens (including phenoxy) is 2. The van der Waals surface area contributed by atoms with Crippen molar-refractivity contribution in [2.24, 2.45) is 0 Å². The van der Waals surface area contributed by atoms with Crippen molar-refractivity contribution in [2.45, 2.75) is 19.9 Å². The second-order valence-corrected chi connectivity index (χ2v) is 8.42. The molecule has 10 heteroatoms. The number of aryl methyl sites for hydroxylation is 1. The number of nitrogens with zero attached hydrogens (tertiary/aromatic N) is 2. The maximum atomic E-state index is 13.2. The minimum absolute atomic E-state index is 0.112. The van der Waals surface area contributed by atoms with Gasteiger partial charge in [0.15, 0.2) is 5.13 Å². The second kappa shape index (κ2) is 9.98. The van der Waals surface area contributed by atoms with Crippen LogP contribution in [0.25, 0.3) is 5.76 Å². The summed E-state index contributed by atoms with van der Waals surface area (Å²) >= 11 is 0.927. The van der Waals surface area contributed by atoms with Gasteiger partial charge in [-0.05, 0) is 50.2 Å². The maximum absolute atomic E-state index is 13.2. The molecule has 4 rings (SSSR count). The molecule has 0 radical (unpaired) electrons. The van der Waals surface area contributed by atoms with Gasteiger partial charge in [-0.25, -0.2) is 9.78 Å². The summed E-state index contributed by atoms with van der Waals surface area (Å²) in [5.74, 6) is -1.94. The van der Waals surface area contributed by atoms with Crippen molar-refractivity contribution in [2.75, 3.05) is 18.1 Å². The van der Waals surface area contributed by atoms with Gasteiger partial charge in [-0.1, -0.05) is 24.0 Å². The lowest BCUT2D eigenvalue weighted by atomic mass is 9.99. The Bertz CT molecular complexity index is 1310. The molecule has 0 aliphatic carbocycles. The highest BCUT2D eigenvalue weighted by molar-refractivity contribution is 7.17. The number of amides is 1. The van der Waals surface area contributed by atoms with Gasteiger partial charge < -0.3 is 19.0 Å². The third-order valence-electron chi connectivity index (χ3n) is 5.20. The highest BCUT2D eigenvalue weighted by Crippen LogP contribution is 2.44. The Labute approximate surface area is 204 Å². The summed E-state index contributed by atoms with van der Waals surface area (Å²) in [6.07, 6.45) is 3.00. The highest BCUT2D eigenvalue weighted by Gasteiger charge is 2.49. The lowest BCUT2D eigenvalue weighted by Gasteiger charge is -2.20. The standard InChI is InChI=1S/C25H22N2O7S/c1-4-12-33-16-10-8-15(9-11-16)20(28)18-19(17-7-6-13-34-17)27(23(30)21(18)29)25-26-14(3)22(35-25)24(31)32-5-2/h4,6-11,13,19,28H,1,5,12H2,2-3H3/t19-/m0/s1. The molecule has 9 nitrogen and oxygen atoms in total. The summed E-state index contributed by atoms with van der Waals surface area (Å²) in [5, 5.41) is 11.2. The molecular formula is C25H22N2O7S. The first kappa shape index (κ1) is 24.0. The van der Waals surface area contributed by atoms with Crippen LogP contribution in [0, 0.1) is 6.92 Å². The molecule has 1 atom stereocenters.